The molecule has 224 valence electrons. The summed E-state index contributed by atoms with van der Waals surface area (Å²) >= 11 is 15.8. The first-order valence-corrected chi connectivity index (χ1v) is 16.8. The van der Waals surface area contributed by atoms with Crippen molar-refractivity contribution in [2.24, 2.45) is 0 Å². The molecule has 0 aromatic heterocycles. The number of nitrogens with zero attached hydrogens (tertiary/aromatic N) is 2. The van der Waals surface area contributed by atoms with Gasteiger partial charge >= 0.3 is 0 Å². The van der Waals surface area contributed by atoms with Crippen LogP contribution in [0.15, 0.2) is 76.1 Å². The van der Waals surface area contributed by atoms with Gasteiger partial charge in [0.2, 0.25) is 11.8 Å². The van der Waals surface area contributed by atoms with E-state index in [1.165, 1.54) is 17.0 Å². The summed E-state index contributed by atoms with van der Waals surface area (Å²) in [6.45, 7) is 3.04. The number of benzene rings is 3. The molecule has 1 fully saturated rings. The van der Waals surface area contributed by atoms with Crippen LogP contribution in [0.4, 0.5) is 5.69 Å². The average Bonchev–Trinajstić information content (AvgIpc) is 2.96. The van der Waals surface area contributed by atoms with E-state index in [2.05, 4.69) is 21.2 Å². The molecule has 4 rings (SSSR count). The molecule has 1 aliphatic carbocycles. The molecule has 1 N–H and O–H groups in total. The van der Waals surface area contributed by atoms with Gasteiger partial charge in [-0.2, -0.15) is 0 Å². The van der Waals surface area contributed by atoms with Gasteiger partial charge in [0.25, 0.3) is 10.0 Å². The molecular formula is C31H34BrCl2N3O4S. The summed E-state index contributed by atoms with van der Waals surface area (Å²) in [6.07, 6.45) is 5.02. The van der Waals surface area contributed by atoms with E-state index in [-0.39, 0.29) is 23.4 Å². The lowest BCUT2D eigenvalue weighted by Gasteiger charge is -2.33. The number of sulfonamides is 1. The maximum atomic E-state index is 14.1. The molecule has 0 radical (unpaired) electrons. The van der Waals surface area contributed by atoms with E-state index in [0.29, 0.717) is 25.8 Å². The van der Waals surface area contributed by atoms with Crippen molar-refractivity contribution in [3.05, 3.63) is 92.4 Å². The third-order valence-electron chi connectivity index (χ3n) is 7.44. The molecule has 1 aliphatic rings. The zero-order valence-electron chi connectivity index (χ0n) is 23.5. The Labute approximate surface area is 266 Å². The third-order valence-corrected chi connectivity index (χ3v) is 10.5. The summed E-state index contributed by atoms with van der Waals surface area (Å²) in [5.74, 6) is -0.825. The summed E-state index contributed by atoms with van der Waals surface area (Å²) in [4.78, 5) is 29.0. The Morgan fingerprint density at radius 3 is 2.31 bits per heavy atom. The Morgan fingerprint density at radius 1 is 0.976 bits per heavy atom. The number of hydrogen-bond acceptors (Lipinski definition) is 4. The fourth-order valence-electron chi connectivity index (χ4n) is 4.98. The van der Waals surface area contributed by atoms with Gasteiger partial charge in [0, 0.05) is 17.1 Å². The fraction of sp³-hybridized carbons (Fsp3) is 0.355. The van der Waals surface area contributed by atoms with Gasteiger partial charge in [0.1, 0.15) is 12.6 Å². The summed E-state index contributed by atoms with van der Waals surface area (Å²) in [5.41, 5.74) is 1.88. The molecular weight excluding hydrogens is 661 g/mol. The minimum Gasteiger partial charge on any atom is -0.352 e. The molecule has 0 bridgehead atoms. The van der Waals surface area contributed by atoms with Gasteiger partial charge in [-0.1, -0.05) is 88.2 Å². The van der Waals surface area contributed by atoms with Gasteiger partial charge in [-0.15, -0.1) is 0 Å². The molecule has 0 aliphatic heterocycles. The van der Waals surface area contributed by atoms with Crippen LogP contribution >= 0.6 is 39.1 Å². The van der Waals surface area contributed by atoms with Crippen LogP contribution < -0.4 is 9.62 Å². The van der Waals surface area contributed by atoms with Crippen LogP contribution in [0.5, 0.6) is 0 Å². The Kier molecular flexibility index (Phi) is 11.0. The van der Waals surface area contributed by atoms with Crippen molar-refractivity contribution in [3.63, 3.8) is 0 Å². The standard InChI is InChI=1S/C31H34BrCl2N3O4S/c1-21-11-14-27(15-12-21)42(40,41)37(26-10-6-7-24(32)18-26)20-30(38)36(19-23-13-16-28(33)29(34)17-23)22(2)31(39)35-25-8-4-3-5-9-25/h6-7,10-18,22,25H,3-5,8-9,19-20H2,1-2H3,(H,35,39). The molecule has 0 spiro atoms. The molecule has 0 saturated heterocycles. The monoisotopic (exact) mass is 693 g/mol. The SMILES string of the molecule is Cc1ccc(S(=O)(=O)N(CC(=O)N(Cc2ccc(Cl)c(Cl)c2)C(C)C(=O)NC2CCCCC2)c2cccc(Br)c2)cc1. The van der Waals surface area contributed by atoms with E-state index in [1.54, 1.807) is 61.5 Å². The molecule has 11 heteroatoms. The van der Waals surface area contributed by atoms with E-state index in [4.69, 9.17) is 23.2 Å². The number of nitrogens with one attached hydrogen (secondary N) is 1. The third kappa shape index (κ3) is 8.07. The van der Waals surface area contributed by atoms with Crippen LogP contribution in [0, 0.1) is 6.92 Å². The Hall–Kier alpha value is -2.59. The van der Waals surface area contributed by atoms with E-state index in [0.717, 1.165) is 42.0 Å². The zero-order chi connectivity index (χ0) is 30.4. The minimum atomic E-state index is -4.14. The summed E-state index contributed by atoms with van der Waals surface area (Å²) < 4.78 is 29.6. The summed E-state index contributed by atoms with van der Waals surface area (Å²) in [6, 6.07) is 17.4. The van der Waals surface area contributed by atoms with Crippen LogP contribution in [0.3, 0.4) is 0 Å². The normalized spacial score (nSPS) is 14.7. The highest BCUT2D eigenvalue weighted by atomic mass is 79.9. The van der Waals surface area contributed by atoms with Gasteiger partial charge < -0.3 is 10.2 Å². The first kappa shape index (κ1) is 32.3. The molecule has 42 heavy (non-hydrogen) atoms. The highest BCUT2D eigenvalue weighted by molar-refractivity contribution is 9.10. The topological polar surface area (TPSA) is 86.8 Å². The van der Waals surface area contributed by atoms with Gasteiger partial charge in [-0.05, 0) is 74.7 Å². The van der Waals surface area contributed by atoms with Crippen molar-refractivity contribution < 1.29 is 18.0 Å². The lowest BCUT2D eigenvalue weighted by Crippen LogP contribution is -2.53. The van der Waals surface area contributed by atoms with Gasteiger partial charge in [0.05, 0.1) is 20.6 Å². The largest absolute Gasteiger partial charge is 0.352 e. The maximum absolute atomic E-state index is 14.1. The van der Waals surface area contributed by atoms with Gasteiger partial charge in [0.15, 0.2) is 0 Å². The summed E-state index contributed by atoms with van der Waals surface area (Å²) in [7, 11) is -4.14. The highest BCUT2D eigenvalue weighted by Crippen LogP contribution is 2.28. The molecule has 2 amide bonds. The molecule has 3 aromatic carbocycles. The van der Waals surface area contributed by atoms with Gasteiger partial charge in [-0.3, -0.25) is 13.9 Å². The number of rotatable bonds is 10. The number of aryl methyl sites for hydroxylation is 1. The van der Waals surface area contributed by atoms with Crippen molar-refractivity contribution in [2.75, 3.05) is 10.8 Å². The number of carbonyl (C=O) groups is 2. The highest BCUT2D eigenvalue weighted by Gasteiger charge is 2.33. The smallest absolute Gasteiger partial charge is 0.264 e. The Bertz CT molecular complexity index is 1530. The fourth-order valence-corrected chi connectivity index (χ4v) is 7.10. The maximum Gasteiger partial charge on any atom is 0.264 e. The number of anilines is 1. The summed E-state index contributed by atoms with van der Waals surface area (Å²) in [5, 5.41) is 3.78. The van der Waals surface area contributed by atoms with Crippen molar-refractivity contribution >= 4 is 66.7 Å². The van der Waals surface area contributed by atoms with Crippen molar-refractivity contribution in [1.29, 1.82) is 0 Å². The Balaban J connectivity index is 1.69. The molecule has 1 atom stereocenters. The second-order valence-electron chi connectivity index (χ2n) is 10.6. The molecule has 1 saturated carbocycles. The first-order chi connectivity index (χ1) is 20.0. The number of hydrogen-bond donors (Lipinski definition) is 1. The lowest BCUT2D eigenvalue weighted by molar-refractivity contribution is -0.139. The van der Waals surface area contributed by atoms with E-state index in [1.807, 2.05) is 6.92 Å². The van der Waals surface area contributed by atoms with Crippen molar-refractivity contribution in [3.8, 4) is 0 Å². The predicted molar refractivity (Wildman–Crippen MR) is 171 cm³/mol. The minimum absolute atomic E-state index is 0.0336. The van der Waals surface area contributed by atoms with Crippen LogP contribution in [-0.2, 0) is 26.2 Å². The van der Waals surface area contributed by atoms with Crippen LogP contribution in [0.1, 0.15) is 50.2 Å². The van der Waals surface area contributed by atoms with E-state index >= 15 is 0 Å². The molecule has 0 heterocycles. The van der Waals surface area contributed by atoms with Gasteiger partial charge in [-0.25, -0.2) is 8.42 Å². The molecule has 7 nitrogen and oxygen atoms in total. The van der Waals surface area contributed by atoms with E-state index in [9.17, 15) is 18.0 Å². The second kappa shape index (κ2) is 14.3. The second-order valence-corrected chi connectivity index (χ2v) is 14.2. The number of carbonyl (C=O) groups excluding carboxylic acids is 2. The van der Waals surface area contributed by atoms with Crippen LogP contribution in [-0.4, -0.2) is 43.8 Å². The van der Waals surface area contributed by atoms with Crippen LogP contribution in [0.2, 0.25) is 10.0 Å². The quantitative estimate of drug-likeness (QED) is 0.245. The number of amides is 2. The first-order valence-electron chi connectivity index (χ1n) is 13.8. The number of halogens is 3. The van der Waals surface area contributed by atoms with E-state index < -0.39 is 28.5 Å². The molecule has 3 aromatic rings. The zero-order valence-corrected chi connectivity index (χ0v) is 27.4. The van der Waals surface area contributed by atoms with Crippen molar-refractivity contribution in [2.45, 2.75) is 69.5 Å². The predicted octanol–water partition coefficient (Wildman–Crippen LogP) is 7.13. The van der Waals surface area contributed by atoms with Crippen molar-refractivity contribution in [1.82, 2.24) is 10.2 Å². The molecule has 1 unspecified atom stereocenters. The average molecular weight is 696 g/mol. The lowest BCUT2D eigenvalue weighted by atomic mass is 9.95. The Morgan fingerprint density at radius 2 is 1.67 bits per heavy atom. The van der Waals surface area contributed by atoms with Crippen LogP contribution in [0.25, 0.3) is 0 Å².